The number of hydrogen-bond donors (Lipinski definition) is 3. The van der Waals surface area contributed by atoms with Crippen molar-refractivity contribution in [3.05, 3.63) is 16.6 Å². The summed E-state index contributed by atoms with van der Waals surface area (Å²) >= 11 is 0. The zero-order valence-electron chi connectivity index (χ0n) is 13.8. The molecule has 0 bridgehead atoms. The summed E-state index contributed by atoms with van der Waals surface area (Å²) in [5, 5.41) is 10.1. The van der Waals surface area contributed by atoms with Crippen molar-refractivity contribution in [1.82, 2.24) is 25.1 Å². The topological polar surface area (TPSA) is 114 Å². The highest BCUT2D eigenvalue weighted by atomic mass is 16.5. The number of aromatic nitrogens is 4. The number of ether oxygens (including phenoxy) is 1. The maximum Gasteiger partial charge on any atom is 0.263 e. The van der Waals surface area contributed by atoms with Crippen LogP contribution >= 0.6 is 0 Å². The van der Waals surface area contributed by atoms with E-state index in [-0.39, 0.29) is 29.5 Å². The molecule has 2 aromatic rings. The fraction of sp³-hybridized carbons (Fsp3) is 0.571. The molecule has 0 unspecified atom stereocenters. The normalized spacial score (nSPS) is 11.7. The molecule has 0 spiro atoms. The van der Waals surface area contributed by atoms with E-state index >= 15 is 0 Å². The third kappa shape index (κ3) is 4.07. The minimum absolute atomic E-state index is 0.00180. The van der Waals surface area contributed by atoms with Gasteiger partial charge in [0, 0.05) is 13.7 Å². The Morgan fingerprint density at radius 1 is 1.43 bits per heavy atom. The molecule has 0 aromatic carbocycles. The van der Waals surface area contributed by atoms with Crippen molar-refractivity contribution in [3.63, 3.8) is 0 Å². The van der Waals surface area contributed by atoms with Crippen molar-refractivity contribution in [2.24, 2.45) is 0 Å². The Kier molecular flexibility index (Phi) is 4.99. The first kappa shape index (κ1) is 16.9. The van der Waals surface area contributed by atoms with Gasteiger partial charge in [0.2, 0.25) is 11.9 Å². The average molecular weight is 322 g/mol. The predicted octanol–water partition coefficient (Wildman–Crippen LogP) is 0.0491. The summed E-state index contributed by atoms with van der Waals surface area (Å²) in [4.78, 5) is 30.7. The summed E-state index contributed by atoms with van der Waals surface area (Å²) < 4.78 is 6.53. The number of rotatable bonds is 6. The Bertz CT molecular complexity index is 743. The van der Waals surface area contributed by atoms with Gasteiger partial charge in [-0.1, -0.05) is 0 Å². The molecule has 0 radical (unpaired) electrons. The lowest BCUT2D eigenvalue weighted by atomic mass is 10.1. The number of anilines is 1. The Morgan fingerprint density at radius 3 is 2.83 bits per heavy atom. The summed E-state index contributed by atoms with van der Waals surface area (Å²) in [6.07, 6.45) is 1.49. The van der Waals surface area contributed by atoms with Crippen LogP contribution in [0.4, 0.5) is 5.95 Å². The van der Waals surface area contributed by atoms with E-state index in [1.54, 1.807) is 11.8 Å². The summed E-state index contributed by atoms with van der Waals surface area (Å²) in [5.74, 6) is 0.0181. The van der Waals surface area contributed by atoms with Crippen LogP contribution in [0.25, 0.3) is 11.0 Å². The monoisotopic (exact) mass is 322 g/mol. The first-order chi connectivity index (χ1) is 10.8. The molecular formula is C14H22N6O3. The van der Waals surface area contributed by atoms with Crippen LogP contribution < -0.4 is 16.2 Å². The molecule has 9 nitrogen and oxygen atoms in total. The molecule has 2 heterocycles. The first-order valence-corrected chi connectivity index (χ1v) is 7.31. The van der Waals surface area contributed by atoms with Gasteiger partial charge in [-0.05, 0) is 20.8 Å². The minimum atomic E-state index is -0.308. The van der Waals surface area contributed by atoms with Crippen molar-refractivity contribution in [2.75, 3.05) is 32.1 Å². The zero-order chi connectivity index (χ0) is 17.0. The highest BCUT2D eigenvalue weighted by molar-refractivity contribution is 5.80. The number of aromatic amines is 1. The van der Waals surface area contributed by atoms with E-state index in [1.165, 1.54) is 6.20 Å². The largest absolute Gasteiger partial charge is 0.383 e. The van der Waals surface area contributed by atoms with Crippen molar-refractivity contribution in [3.8, 4) is 0 Å². The molecular weight excluding hydrogens is 300 g/mol. The lowest BCUT2D eigenvalue weighted by Crippen LogP contribution is -2.33. The predicted molar refractivity (Wildman–Crippen MR) is 86.5 cm³/mol. The van der Waals surface area contributed by atoms with Gasteiger partial charge < -0.3 is 15.4 Å². The average Bonchev–Trinajstić information content (AvgIpc) is 2.90. The molecule has 1 amide bonds. The van der Waals surface area contributed by atoms with Gasteiger partial charge in [-0.25, -0.2) is 4.68 Å². The minimum Gasteiger partial charge on any atom is -0.383 e. The van der Waals surface area contributed by atoms with Crippen LogP contribution in [0.1, 0.15) is 20.8 Å². The van der Waals surface area contributed by atoms with Crippen molar-refractivity contribution < 1.29 is 9.53 Å². The SMILES string of the molecule is COCCNC(=O)CNc1nc2c(cnn2C(C)(C)C)c(=O)[nH]1. The smallest absolute Gasteiger partial charge is 0.263 e. The maximum absolute atomic E-state index is 12.1. The van der Waals surface area contributed by atoms with Gasteiger partial charge >= 0.3 is 0 Å². The Balaban J connectivity index is 2.16. The van der Waals surface area contributed by atoms with Gasteiger partial charge in [0.15, 0.2) is 5.65 Å². The van der Waals surface area contributed by atoms with E-state index in [9.17, 15) is 9.59 Å². The molecule has 2 aromatic heterocycles. The molecule has 0 saturated carbocycles. The second-order valence-electron chi connectivity index (χ2n) is 6.08. The first-order valence-electron chi connectivity index (χ1n) is 7.31. The van der Waals surface area contributed by atoms with Gasteiger partial charge in [-0.2, -0.15) is 10.1 Å². The van der Waals surface area contributed by atoms with Crippen LogP contribution in [0, 0.1) is 0 Å². The van der Waals surface area contributed by atoms with Gasteiger partial charge in [0.1, 0.15) is 5.39 Å². The lowest BCUT2D eigenvalue weighted by molar-refractivity contribution is -0.119. The zero-order valence-corrected chi connectivity index (χ0v) is 13.8. The van der Waals surface area contributed by atoms with E-state index < -0.39 is 0 Å². The molecule has 0 saturated heterocycles. The van der Waals surface area contributed by atoms with Gasteiger partial charge in [0.25, 0.3) is 5.56 Å². The van der Waals surface area contributed by atoms with E-state index in [4.69, 9.17) is 4.74 Å². The number of carbonyl (C=O) groups excluding carboxylic acids is 1. The number of nitrogens with one attached hydrogen (secondary N) is 3. The Labute approximate surface area is 133 Å². The third-order valence-corrected chi connectivity index (χ3v) is 3.12. The van der Waals surface area contributed by atoms with Crippen molar-refractivity contribution in [1.29, 1.82) is 0 Å². The van der Waals surface area contributed by atoms with Crippen molar-refractivity contribution in [2.45, 2.75) is 26.3 Å². The number of nitrogens with zero attached hydrogens (tertiary/aromatic N) is 3. The van der Waals surface area contributed by atoms with Crippen molar-refractivity contribution >= 4 is 22.9 Å². The summed E-state index contributed by atoms with van der Waals surface area (Å²) in [5.41, 5.74) is -0.131. The maximum atomic E-state index is 12.1. The standard InChI is InChI=1S/C14H22N6O3/c1-14(2,3)20-11-9(7-17-20)12(22)19-13(18-11)16-8-10(21)15-5-6-23-4/h7H,5-6,8H2,1-4H3,(H,15,21)(H2,16,18,19,22). The fourth-order valence-electron chi connectivity index (χ4n) is 2.01. The number of hydrogen-bond acceptors (Lipinski definition) is 6. The van der Waals surface area contributed by atoms with Crippen LogP contribution in [0.15, 0.2) is 11.0 Å². The molecule has 23 heavy (non-hydrogen) atoms. The number of fused-ring (bicyclic) bond motifs is 1. The number of methoxy groups -OCH3 is 1. The fourth-order valence-corrected chi connectivity index (χ4v) is 2.01. The van der Waals surface area contributed by atoms with E-state index in [1.807, 2.05) is 20.8 Å². The van der Waals surface area contributed by atoms with E-state index in [0.29, 0.717) is 24.2 Å². The van der Waals surface area contributed by atoms with Crippen LogP contribution in [-0.4, -0.2) is 52.5 Å². The Morgan fingerprint density at radius 2 is 2.17 bits per heavy atom. The van der Waals surface area contributed by atoms with Crippen LogP contribution in [0.3, 0.4) is 0 Å². The molecule has 0 aliphatic heterocycles. The molecule has 0 fully saturated rings. The highest BCUT2D eigenvalue weighted by Crippen LogP contribution is 2.18. The molecule has 0 aliphatic rings. The number of carbonyl (C=O) groups is 1. The molecule has 3 N–H and O–H groups in total. The second kappa shape index (κ2) is 6.78. The quantitative estimate of drug-likeness (QED) is 0.648. The van der Waals surface area contributed by atoms with Gasteiger partial charge in [0.05, 0.1) is 24.9 Å². The van der Waals surface area contributed by atoms with Crippen LogP contribution in [-0.2, 0) is 15.1 Å². The van der Waals surface area contributed by atoms with Gasteiger partial charge in [-0.3, -0.25) is 14.6 Å². The van der Waals surface area contributed by atoms with Gasteiger partial charge in [-0.15, -0.1) is 0 Å². The number of amides is 1. The molecule has 0 atom stereocenters. The van der Waals surface area contributed by atoms with Crippen LogP contribution in [0.5, 0.6) is 0 Å². The Hall–Kier alpha value is -2.42. The molecule has 0 aliphatic carbocycles. The lowest BCUT2D eigenvalue weighted by Gasteiger charge is -2.19. The third-order valence-electron chi connectivity index (χ3n) is 3.12. The number of H-pyrrole nitrogens is 1. The van der Waals surface area contributed by atoms with E-state index in [0.717, 1.165) is 0 Å². The molecule has 126 valence electrons. The summed E-state index contributed by atoms with van der Waals surface area (Å²) in [6, 6.07) is 0. The van der Waals surface area contributed by atoms with E-state index in [2.05, 4.69) is 25.7 Å². The summed E-state index contributed by atoms with van der Waals surface area (Å²) in [7, 11) is 1.56. The second-order valence-corrected chi connectivity index (χ2v) is 6.08. The highest BCUT2D eigenvalue weighted by Gasteiger charge is 2.19. The van der Waals surface area contributed by atoms with Crippen LogP contribution in [0.2, 0.25) is 0 Å². The molecule has 9 heteroatoms. The molecule has 2 rings (SSSR count). The summed E-state index contributed by atoms with van der Waals surface area (Å²) in [6.45, 7) is 6.78.